The predicted octanol–water partition coefficient (Wildman–Crippen LogP) is 4.08. The highest BCUT2D eigenvalue weighted by Gasteiger charge is 2.23. The number of piperazine rings is 1. The molecule has 1 atom stereocenters. The third-order valence-electron chi connectivity index (χ3n) is 5.03. The second-order valence-electron chi connectivity index (χ2n) is 6.74. The van der Waals surface area contributed by atoms with E-state index in [0.29, 0.717) is 6.04 Å². The molecule has 0 aromatic heterocycles. The summed E-state index contributed by atoms with van der Waals surface area (Å²) in [6.45, 7) is 8.20. The van der Waals surface area contributed by atoms with Gasteiger partial charge in [-0.25, -0.2) is 0 Å². The first-order valence-corrected chi connectivity index (χ1v) is 9.49. The number of ether oxygens (including phenoxy) is 1. The average Bonchev–Trinajstić information content (AvgIpc) is 2.68. The molecule has 2 aromatic carbocycles. The Balaban J connectivity index is 1.58. The van der Waals surface area contributed by atoms with E-state index >= 15 is 0 Å². The number of methoxy groups -OCH3 is 1. The van der Waals surface area contributed by atoms with Gasteiger partial charge in [-0.15, -0.1) is 0 Å². The summed E-state index contributed by atoms with van der Waals surface area (Å²) in [5.74, 6) is 0.814. The Hall–Kier alpha value is -2.11. The molecule has 1 aliphatic rings. The number of hydrogen-bond acceptors (Lipinski definition) is 3. The van der Waals surface area contributed by atoms with Crippen LogP contribution in [-0.4, -0.2) is 48.2 Å². The summed E-state index contributed by atoms with van der Waals surface area (Å²) < 4.78 is 5.44. The molecule has 0 spiro atoms. The highest BCUT2D eigenvalue weighted by Crippen LogP contribution is 2.26. The van der Waals surface area contributed by atoms with Crippen molar-refractivity contribution in [3.63, 3.8) is 0 Å². The lowest BCUT2D eigenvalue weighted by Gasteiger charge is -2.39. The van der Waals surface area contributed by atoms with E-state index in [1.165, 1.54) is 11.1 Å². The van der Waals surface area contributed by atoms with Crippen LogP contribution in [0.1, 0.15) is 24.1 Å². The van der Waals surface area contributed by atoms with E-state index in [2.05, 4.69) is 65.4 Å². The molecule has 5 heteroatoms. The van der Waals surface area contributed by atoms with E-state index in [1.54, 1.807) is 7.11 Å². The van der Waals surface area contributed by atoms with Gasteiger partial charge >= 0.3 is 0 Å². The quantitative estimate of drug-likeness (QED) is 0.820. The smallest absolute Gasteiger partial charge is 0.173 e. The van der Waals surface area contributed by atoms with E-state index in [0.717, 1.165) is 42.7 Å². The number of nitrogens with one attached hydrogen (secondary N) is 1. The number of rotatable bonds is 4. The predicted molar refractivity (Wildman–Crippen MR) is 112 cm³/mol. The Bertz CT molecular complexity index is 742. The number of aryl methyl sites for hydroxylation is 1. The number of hydrogen-bond donors (Lipinski definition) is 1. The zero-order valence-corrected chi connectivity index (χ0v) is 16.6. The monoisotopic (exact) mass is 369 g/mol. The minimum atomic E-state index is 0.428. The van der Waals surface area contributed by atoms with Gasteiger partial charge in [-0.2, -0.15) is 0 Å². The molecule has 2 aromatic rings. The second-order valence-corrected chi connectivity index (χ2v) is 7.13. The lowest BCUT2D eigenvalue weighted by atomic mass is 10.1. The van der Waals surface area contributed by atoms with Crippen LogP contribution in [0.3, 0.4) is 0 Å². The number of anilines is 1. The van der Waals surface area contributed by atoms with Crippen LogP contribution in [-0.2, 0) is 0 Å². The van der Waals surface area contributed by atoms with Crippen molar-refractivity contribution in [3.8, 4) is 5.75 Å². The molecule has 1 fully saturated rings. The van der Waals surface area contributed by atoms with E-state index in [1.807, 2.05) is 12.1 Å². The maximum absolute atomic E-state index is 5.65. The minimum Gasteiger partial charge on any atom is -0.495 e. The molecule has 0 bridgehead atoms. The highest BCUT2D eigenvalue weighted by atomic mass is 32.1. The van der Waals surface area contributed by atoms with Crippen LogP contribution in [0.2, 0.25) is 0 Å². The van der Waals surface area contributed by atoms with Crippen LogP contribution in [0.15, 0.2) is 48.5 Å². The molecule has 0 saturated carbocycles. The summed E-state index contributed by atoms with van der Waals surface area (Å²) in [4.78, 5) is 4.76. The van der Waals surface area contributed by atoms with Crippen LogP contribution in [0.4, 0.5) is 5.69 Å². The van der Waals surface area contributed by atoms with Crippen LogP contribution >= 0.6 is 12.2 Å². The van der Waals surface area contributed by atoms with Crippen LogP contribution in [0.5, 0.6) is 5.75 Å². The van der Waals surface area contributed by atoms with Gasteiger partial charge in [0.05, 0.1) is 12.8 Å². The molecule has 1 saturated heterocycles. The fourth-order valence-electron chi connectivity index (χ4n) is 3.37. The van der Waals surface area contributed by atoms with Gasteiger partial charge in [0.1, 0.15) is 5.75 Å². The Morgan fingerprint density at radius 3 is 2.42 bits per heavy atom. The van der Waals surface area contributed by atoms with Crippen molar-refractivity contribution < 1.29 is 4.74 Å². The normalized spacial score (nSPS) is 16.2. The first kappa shape index (κ1) is 18.7. The average molecular weight is 370 g/mol. The summed E-state index contributed by atoms with van der Waals surface area (Å²) in [6.07, 6.45) is 0. The van der Waals surface area contributed by atoms with Gasteiger partial charge in [0.25, 0.3) is 0 Å². The summed E-state index contributed by atoms with van der Waals surface area (Å²) in [7, 11) is 1.68. The number of nitrogens with zero attached hydrogens (tertiary/aromatic N) is 2. The minimum absolute atomic E-state index is 0.428. The first-order valence-electron chi connectivity index (χ1n) is 9.08. The van der Waals surface area contributed by atoms with E-state index < -0.39 is 0 Å². The van der Waals surface area contributed by atoms with Crippen molar-refractivity contribution in [2.45, 2.75) is 19.9 Å². The van der Waals surface area contributed by atoms with Crippen molar-refractivity contribution in [1.29, 1.82) is 0 Å². The van der Waals surface area contributed by atoms with Gasteiger partial charge in [-0.3, -0.25) is 4.90 Å². The molecule has 1 aliphatic heterocycles. The molecule has 0 aliphatic carbocycles. The molecule has 1 heterocycles. The SMILES string of the molecule is COc1ccc(C)cc1NC(=S)N1CCN(C(C)c2ccccc2)CC1. The van der Waals surface area contributed by atoms with Gasteiger partial charge < -0.3 is 15.0 Å². The van der Waals surface area contributed by atoms with Crippen molar-refractivity contribution in [3.05, 3.63) is 59.7 Å². The van der Waals surface area contributed by atoms with E-state index in [4.69, 9.17) is 17.0 Å². The van der Waals surface area contributed by atoms with Gasteiger partial charge in [0.15, 0.2) is 5.11 Å². The Kier molecular flexibility index (Phi) is 6.12. The van der Waals surface area contributed by atoms with E-state index in [9.17, 15) is 0 Å². The Morgan fingerprint density at radius 2 is 1.77 bits per heavy atom. The maximum atomic E-state index is 5.65. The van der Waals surface area contributed by atoms with E-state index in [-0.39, 0.29) is 0 Å². The topological polar surface area (TPSA) is 27.7 Å². The van der Waals surface area contributed by atoms with Gasteiger partial charge in [0, 0.05) is 32.2 Å². The van der Waals surface area contributed by atoms with Gasteiger partial charge in [-0.1, -0.05) is 36.4 Å². The van der Waals surface area contributed by atoms with Crippen molar-refractivity contribution in [2.75, 3.05) is 38.6 Å². The summed E-state index contributed by atoms with van der Waals surface area (Å²) in [6, 6.07) is 17.2. The Morgan fingerprint density at radius 1 is 1.08 bits per heavy atom. The third kappa shape index (κ3) is 4.34. The molecular weight excluding hydrogens is 342 g/mol. The molecular formula is C21H27N3OS. The summed E-state index contributed by atoms with van der Waals surface area (Å²) in [5.41, 5.74) is 3.47. The molecule has 26 heavy (non-hydrogen) atoms. The van der Waals surface area contributed by atoms with Gasteiger partial charge in [0.2, 0.25) is 0 Å². The zero-order chi connectivity index (χ0) is 18.5. The molecule has 1 unspecified atom stereocenters. The lowest BCUT2D eigenvalue weighted by Crippen LogP contribution is -2.50. The highest BCUT2D eigenvalue weighted by molar-refractivity contribution is 7.80. The second kappa shape index (κ2) is 8.52. The zero-order valence-electron chi connectivity index (χ0n) is 15.7. The van der Waals surface area contributed by atoms with Crippen LogP contribution in [0.25, 0.3) is 0 Å². The third-order valence-corrected chi connectivity index (χ3v) is 5.39. The number of benzene rings is 2. The molecule has 4 nitrogen and oxygen atoms in total. The van der Waals surface area contributed by atoms with Crippen molar-refractivity contribution in [1.82, 2.24) is 9.80 Å². The molecule has 138 valence electrons. The molecule has 0 radical (unpaired) electrons. The molecule has 1 N–H and O–H groups in total. The van der Waals surface area contributed by atoms with Crippen molar-refractivity contribution >= 4 is 23.0 Å². The summed E-state index contributed by atoms with van der Waals surface area (Å²) in [5, 5.41) is 4.13. The fraction of sp³-hybridized carbons (Fsp3) is 0.381. The Labute approximate surface area is 161 Å². The molecule has 0 amide bonds. The molecule has 3 rings (SSSR count). The maximum Gasteiger partial charge on any atom is 0.173 e. The summed E-state index contributed by atoms with van der Waals surface area (Å²) >= 11 is 5.65. The first-order chi connectivity index (χ1) is 12.6. The van der Waals surface area contributed by atoms with Crippen LogP contribution in [0, 0.1) is 6.92 Å². The van der Waals surface area contributed by atoms with Crippen molar-refractivity contribution in [2.24, 2.45) is 0 Å². The van der Waals surface area contributed by atoms with Gasteiger partial charge in [-0.05, 0) is 49.3 Å². The lowest BCUT2D eigenvalue weighted by molar-refractivity contribution is 0.142. The number of thiocarbonyl (C=S) groups is 1. The largest absolute Gasteiger partial charge is 0.495 e. The fourth-order valence-corrected chi connectivity index (χ4v) is 3.66. The standard InChI is InChI=1S/C21H27N3OS/c1-16-9-10-20(25-3)19(15-16)22-21(26)24-13-11-23(12-14-24)17(2)18-7-5-4-6-8-18/h4-10,15,17H,11-14H2,1-3H3,(H,22,26). The van der Waals surface area contributed by atoms with Crippen LogP contribution < -0.4 is 10.1 Å².